The number of benzene rings is 2. The highest BCUT2D eigenvalue weighted by molar-refractivity contribution is 7.98. The summed E-state index contributed by atoms with van der Waals surface area (Å²) in [6.45, 7) is 2.10. The molecule has 2 aromatic carbocycles. The summed E-state index contributed by atoms with van der Waals surface area (Å²) in [5.41, 5.74) is 2.58. The Hall–Kier alpha value is -0.900. The molecule has 0 spiro atoms. The summed E-state index contributed by atoms with van der Waals surface area (Å²) < 4.78 is 5.85. The average molecular weight is 304 g/mol. The minimum atomic E-state index is 0.155. The molecule has 1 atom stereocenters. The zero-order valence-corrected chi connectivity index (χ0v) is 13.5. The van der Waals surface area contributed by atoms with E-state index in [-0.39, 0.29) is 6.10 Å². The maximum absolute atomic E-state index is 5.85. The smallest absolute Gasteiger partial charge is 0.0932 e. The summed E-state index contributed by atoms with van der Waals surface area (Å²) in [6.07, 6.45) is 2.25. The minimum Gasteiger partial charge on any atom is -0.363 e. The Morgan fingerprint density at radius 2 is 1.70 bits per heavy atom. The van der Waals surface area contributed by atoms with Gasteiger partial charge in [0.05, 0.1) is 12.0 Å². The van der Waals surface area contributed by atoms with Gasteiger partial charge in [0.1, 0.15) is 0 Å². The molecule has 0 aromatic heterocycles. The molecule has 0 saturated heterocycles. The van der Waals surface area contributed by atoms with E-state index in [1.54, 1.807) is 11.8 Å². The van der Waals surface area contributed by atoms with Gasteiger partial charge in [0.25, 0.3) is 0 Å². The van der Waals surface area contributed by atoms with E-state index in [1.807, 2.05) is 17.8 Å². The first kappa shape index (κ1) is 15.5. The van der Waals surface area contributed by atoms with Crippen LogP contribution in [0.4, 0.5) is 0 Å². The van der Waals surface area contributed by atoms with Crippen LogP contribution < -0.4 is 0 Å². The SMILES string of the molecule is CSc1ccc(CSCOC(C)c2ccccc2)cc1. The van der Waals surface area contributed by atoms with Crippen LogP contribution in [0.25, 0.3) is 0 Å². The summed E-state index contributed by atoms with van der Waals surface area (Å²) in [5.74, 6) is 1.72. The summed E-state index contributed by atoms with van der Waals surface area (Å²) >= 11 is 3.59. The molecule has 0 aliphatic rings. The van der Waals surface area contributed by atoms with E-state index < -0.39 is 0 Å². The van der Waals surface area contributed by atoms with Gasteiger partial charge in [-0.2, -0.15) is 0 Å². The molecular weight excluding hydrogens is 284 g/mol. The van der Waals surface area contributed by atoms with E-state index in [9.17, 15) is 0 Å². The molecule has 0 N–H and O–H groups in total. The van der Waals surface area contributed by atoms with Gasteiger partial charge in [0.15, 0.2) is 0 Å². The van der Waals surface area contributed by atoms with Crippen LogP contribution in [0.2, 0.25) is 0 Å². The van der Waals surface area contributed by atoms with E-state index in [2.05, 4.69) is 61.7 Å². The Bertz CT molecular complexity index is 496. The Kier molecular flexibility index (Phi) is 6.51. The Morgan fingerprint density at radius 1 is 1.00 bits per heavy atom. The van der Waals surface area contributed by atoms with E-state index >= 15 is 0 Å². The highest BCUT2D eigenvalue weighted by atomic mass is 32.2. The number of thioether (sulfide) groups is 2. The molecule has 0 aliphatic heterocycles. The predicted octanol–water partition coefficient (Wildman–Crippen LogP) is 5.38. The molecule has 0 bridgehead atoms. The van der Waals surface area contributed by atoms with Crippen molar-refractivity contribution >= 4 is 23.5 Å². The van der Waals surface area contributed by atoms with Gasteiger partial charge in [-0.25, -0.2) is 0 Å². The van der Waals surface area contributed by atoms with Crippen molar-refractivity contribution in [2.24, 2.45) is 0 Å². The molecule has 0 fully saturated rings. The van der Waals surface area contributed by atoms with E-state index in [4.69, 9.17) is 4.74 Å². The maximum Gasteiger partial charge on any atom is 0.0932 e. The molecule has 0 heterocycles. The second-order valence-electron chi connectivity index (χ2n) is 4.53. The van der Waals surface area contributed by atoms with E-state index in [0.29, 0.717) is 0 Å². The fourth-order valence-corrected chi connectivity index (χ4v) is 3.07. The van der Waals surface area contributed by atoms with Crippen LogP contribution in [0.1, 0.15) is 24.2 Å². The van der Waals surface area contributed by atoms with Crippen molar-refractivity contribution in [2.75, 3.05) is 12.2 Å². The highest BCUT2D eigenvalue weighted by Crippen LogP contribution is 2.21. The van der Waals surface area contributed by atoms with E-state index in [1.165, 1.54) is 16.0 Å². The monoisotopic (exact) mass is 304 g/mol. The Balaban J connectivity index is 1.70. The van der Waals surface area contributed by atoms with Crippen molar-refractivity contribution in [3.05, 3.63) is 65.7 Å². The number of hydrogen-bond donors (Lipinski definition) is 0. The molecular formula is C17H20OS2. The van der Waals surface area contributed by atoms with E-state index in [0.717, 1.165) is 11.7 Å². The lowest BCUT2D eigenvalue weighted by Crippen LogP contribution is -1.99. The van der Waals surface area contributed by atoms with Crippen LogP contribution >= 0.6 is 23.5 Å². The van der Waals surface area contributed by atoms with Gasteiger partial charge in [-0.1, -0.05) is 42.5 Å². The summed E-state index contributed by atoms with van der Waals surface area (Å²) in [4.78, 5) is 1.31. The van der Waals surface area contributed by atoms with Gasteiger partial charge in [-0.15, -0.1) is 23.5 Å². The first-order valence-electron chi connectivity index (χ1n) is 6.67. The zero-order valence-electron chi connectivity index (χ0n) is 11.9. The maximum atomic E-state index is 5.85. The second kappa shape index (κ2) is 8.40. The molecule has 0 radical (unpaired) electrons. The zero-order chi connectivity index (χ0) is 14.2. The highest BCUT2D eigenvalue weighted by Gasteiger charge is 2.04. The van der Waals surface area contributed by atoms with Crippen molar-refractivity contribution in [1.82, 2.24) is 0 Å². The molecule has 0 saturated carbocycles. The molecule has 1 unspecified atom stereocenters. The molecule has 1 nitrogen and oxygen atoms in total. The van der Waals surface area contributed by atoms with Crippen LogP contribution in [0.15, 0.2) is 59.5 Å². The largest absolute Gasteiger partial charge is 0.363 e. The van der Waals surface area contributed by atoms with Gasteiger partial charge >= 0.3 is 0 Å². The van der Waals surface area contributed by atoms with Gasteiger partial charge < -0.3 is 4.74 Å². The second-order valence-corrected chi connectivity index (χ2v) is 6.35. The lowest BCUT2D eigenvalue weighted by molar-refractivity contribution is 0.106. The molecule has 0 amide bonds. The van der Waals surface area contributed by atoms with Crippen LogP contribution in [0.3, 0.4) is 0 Å². The number of hydrogen-bond acceptors (Lipinski definition) is 3. The van der Waals surface area contributed by atoms with Gasteiger partial charge in [0, 0.05) is 10.6 Å². The van der Waals surface area contributed by atoms with Crippen molar-refractivity contribution in [2.45, 2.75) is 23.7 Å². The van der Waals surface area contributed by atoms with Crippen molar-refractivity contribution in [1.29, 1.82) is 0 Å². The Morgan fingerprint density at radius 3 is 2.35 bits per heavy atom. The molecule has 0 aliphatic carbocycles. The van der Waals surface area contributed by atoms with Gasteiger partial charge in [0.2, 0.25) is 0 Å². The molecule has 20 heavy (non-hydrogen) atoms. The van der Waals surface area contributed by atoms with Crippen molar-refractivity contribution in [3.63, 3.8) is 0 Å². The third-order valence-corrected chi connectivity index (χ3v) is 4.68. The van der Waals surface area contributed by atoms with Crippen LogP contribution in [-0.2, 0) is 10.5 Å². The van der Waals surface area contributed by atoms with Crippen molar-refractivity contribution < 1.29 is 4.74 Å². The first-order chi connectivity index (χ1) is 9.79. The average Bonchev–Trinajstić information content (AvgIpc) is 2.53. The standard InChI is InChI=1S/C17H20OS2/c1-14(16-6-4-3-5-7-16)18-13-20-12-15-8-10-17(19-2)11-9-15/h3-11,14H,12-13H2,1-2H3. The topological polar surface area (TPSA) is 9.23 Å². The third kappa shape index (κ3) is 4.89. The third-order valence-electron chi connectivity index (χ3n) is 3.10. The molecule has 2 rings (SSSR count). The van der Waals surface area contributed by atoms with Crippen LogP contribution in [0.5, 0.6) is 0 Å². The number of ether oxygens (including phenoxy) is 1. The van der Waals surface area contributed by atoms with Crippen LogP contribution in [-0.4, -0.2) is 12.2 Å². The van der Waals surface area contributed by atoms with Crippen molar-refractivity contribution in [3.8, 4) is 0 Å². The summed E-state index contributed by atoms with van der Waals surface area (Å²) in [6, 6.07) is 19.1. The number of rotatable bonds is 7. The lowest BCUT2D eigenvalue weighted by atomic mass is 10.1. The predicted molar refractivity (Wildman–Crippen MR) is 90.3 cm³/mol. The lowest BCUT2D eigenvalue weighted by Gasteiger charge is -2.13. The quantitative estimate of drug-likeness (QED) is 0.386. The fraction of sp³-hybridized carbons (Fsp3) is 0.294. The first-order valence-corrected chi connectivity index (χ1v) is 9.05. The molecule has 106 valence electrons. The fourth-order valence-electron chi connectivity index (χ4n) is 1.85. The molecule has 3 heteroatoms. The van der Waals surface area contributed by atoms with Gasteiger partial charge in [-0.3, -0.25) is 0 Å². The minimum absolute atomic E-state index is 0.155. The summed E-state index contributed by atoms with van der Waals surface area (Å²) in [5, 5.41) is 0. The molecule has 2 aromatic rings. The summed E-state index contributed by atoms with van der Waals surface area (Å²) in [7, 11) is 0. The normalized spacial score (nSPS) is 12.3. The van der Waals surface area contributed by atoms with Gasteiger partial charge in [-0.05, 0) is 36.4 Å². The van der Waals surface area contributed by atoms with Crippen LogP contribution in [0, 0.1) is 0 Å². The Labute approximate surface area is 130 Å².